The van der Waals surface area contributed by atoms with E-state index >= 15 is 0 Å². The van der Waals surface area contributed by atoms with Crippen molar-refractivity contribution in [3.05, 3.63) is 0 Å². The first kappa shape index (κ1) is 17.2. The van der Waals surface area contributed by atoms with Crippen molar-refractivity contribution in [3.8, 4) is 0 Å². The Hall–Kier alpha value is -0.820. The molecule has 0 bridgehead atoms. The smallest absolute Gasteiger partial charge is 0.340 e. The molecule has 0 spiro atoms. The van der Waals surface area contributed by atoms with Crippen molar-refractivity contribution in [2.45, 2.75) is 44.8 Å². The maximum Gasteiger partial charge on any atom is 0.401 e. The molecule has 0 saturated carbocycles. The van der Waals surface area contributed by atoms with Gasteiger partial charge in [-0.2, -0.15) is 13.2 Å². The number of alkyl halides is 3. The zero-order valence-electron chi connectivity index (χ0n) is 12.2. The molecule has 1 fully saturated rings. The lowest BCUT2D eigenvalue weighted by atomic mass is 9.95. The minimum absolute atomic E-state index is 0.159. The topological polar surface area (TPSA) is 49.6 Å². The Morgan fingerprint density at radius 2 is 1.85 bits per heavy atom. The van der Waals surface area contributed by atoms with Gasteiger partial charge in [-0.1, -0.05) is 13.3 Å². The Labute approximate surface area is 118 Å². The van der Waals surface area contributed by atoms with Crippen LogP contribution in [-0.2, 0) is 4.79 Å². The zero-order chi connectivity index (χ0) is 15.4. The van der Waals surface area contributed by atoms with Crippen molar-refractivity contribution in [2.24, 2.45) is 5.73 Å². The Morgan fingerprint density at radius 1 is 1.20 bits per heavy atom. The first-order valence-corrected chi connectivity index (χ1v) is 7.03. The SMILES string of the molecule is CCCC(C)(N)C(=O)N1CCCN(CC(F)(F)F)CC1. The molecule has 1 heterocycles. The fourth-order valence-electron chi connectivity index (χ4n) is 2.57. The molecule has 1 saturated heterocycles. The maximum atomic E-state index is 12.4. The van der Waals surface area contributed by atoms with Crippen LogP contribution in [0.4, 0.5) is 13.2 Å². The molecule has 0 aromatic carbocycles. The van der Waals surface area contributed by atoms with Gasteiger partial charge in [0.2, 0.25) is 5.91 Å². The second kappa shape index (κ2) is 6.76. The van der Waals surface area contributed by atoms with Crippen molar-refractivity contribution in [3.63, 3.8) is 0 Å². The predicted molar refractivity (Wildman–Crippen MR) is 71.2 cm³/mol. The van der Waals surface area contributed by atoms with Gasteiger partial charge in [0, 0.05) is 26.2 Å². The van der Waals surface area contributed by atoms with Gasteiger partial charge >= 0.3 is 6.18 Å². The standard InChI is InChI=1S/C13H24F3N3O/c1-3-5-12(2,17)11(20)19-7-4-6-18(8-9-19)10-13(14,15)16/h3-10,17H2,1-2H3. The fraction of sp³-hybridized carbons (Fsp3) is 0.923. The van der Waals surface area contributed by atoms with Crippen LogP contribution in [0.1, 0.15) is 33.1 Å². The highest BCUT2D eigenvalue weighted by molar-refractivity contribution is 5.85. The molecule has 1 atom stereocenters. The minimum atomic E-state index is -4.19. The molecule has 118 valence electrons. The number of nitrogens with two attached hydrogens (primary N) is 1. The van der Waals surface area contributed by atoms with E-state index in [4.69, 9.17) is 5.73 Å². The van der Waals surface area contributed by atoms with Crippen LogP contribution in [0.2, 0.25) is 0 Å². The van der Waals surface area contributed by atoms with Gasteiger partial charge in [-0.25, -0.2) is 0 Å². The number of nitrogens with zero attached hydrogens (tertiary/aromatic N) is 2. The van der Waals surface area contributed by atoms with Gasteiger partial charge in [0.15, 0.2) is 0 Å². The zero-order valence-corrected chi connectivity index (χ0v) is 12.2. The summed E-state index contributed by atoms with van der Waals surface area (Å²) in [6, 6.07) is 0. The quantitative estimate of drug-likeness (QED) is 0.857. The lowest BCUT2D eigenvalue weighted by Crippen LogP contribution is -2.54. The van der Waals surface area contributed by atoms with E-state index in [2.05, 4.69) is 0 Å². The van der Waals surface area contributed by atoms with Crippen LogP contribution < -0.4 is 5.73 Å². The third kappa shape index (κ3) is 5.28. The molecule has 0 aromatic rings. The Kier molecular flexibility index (Phi) is 5.82. The molecule has 1 unspecified atom stereocenters. The monoisotopic (exact) mass is 295 g/mol. The van der Waals surface area contributed by atoms with Gasteiger partial charge in [-0.3, -0.25) is 9.69 Å². The highest BCUT2D eigenvalue weighted by Gasteiger charge is 2.35. The van der Waals surface area contributed by atoms with Crippen LogP contribution in [0.3, 0.4) is 0 Å². The van der Waals surface area contributed by atoms with Crippen molar-refractivity contribution in [2.75, 3.05) is 32.7 Å². The summed E-state index contributed by atoms with van der Waals surface area (Å²) in [7, 11) is 0. The molecule has 0 aromatic heterocycles. The van der Waals surface area contributed by atoms with Crippen molar-refractivity contribution in [1.82, 2.24) is 9.80 Å². The van der Waals surface area contributed by atoms with E-state index in [1.165, 1.54) is 4.90 Å². The number of halogens is 3. The summed E-state index contributed by atoms with van der Waals surface area (Å²) in [5.74, 6) is -0.159. The minimum Gasteiger partial charge on any atom is -0.340 e. The molecule has 2 N–H and O–H groups in total. The lowest BCUT2D eigenvalue weighted by molar-refractivity contribution is -0.145. The molecular formula is C13H24F3N3O. The highest BCUT2D eigenvalue weighted by Crippen LogP contribution is 2.19. The largest absolute Gasteiger partial charge is 0.401 e. The van der Waals surface area contributed by atoms with Crippen LogP contribution >= 0.6 is 0 Å². The first-order chi connectivity index (χ1) is 9.15. The van der Waals surface area contributed by atoms with Gasteiger partial charge in [0.1, 0.15) is 0 Å². The van der Waals surface area contributed by atoms with Gasteiger partial charge in [-0.05, 0) is 19.8 Å². The second-order valence-electron chi connectivity index (χ2n) is 5.70. The van der Waals surface area contributed by atoms with Gasteiger partial charge < -0.3 is 10.6 Å². The molecule has 1 aliphatic rings. The van der Waals surface area contributed by atoms with E-state index in [0.29, 0.717) is 32.5 Å². The number of carbonyl (C=O) groups is 1. The van der Waals surface area contributed by atoms with Crippen LogP contribution in [-0.4, -0.2) is 60.1 Å². The molecule has 1 rings (SSSR count). The van der Waals surface area contributed by atoms with Crippen LogP contribution in [0.25, 0.3) is 0 Å². The van der Waals surface area contributed by atoms with Crippen molar-refractivity contribution in [1.29, 1.82) is 0 Å². The molecule has 0 aliphatic carbocycles. The van der Waals surface area contributed by atoms with E-state index in [9.17, 15) is 18.0 Å². The molecule has 20 heavy (non-hydrogen) atoms. The second-order valence-corrected chi connectivity index (χ2v) is 5.70. The molecule has 7 heteroatoms. The molecular weight excluding hydrogens is 271 g/mol. The molecule has 0 radical (unpaired) electrons. The summed E-state index contributed by atoms with van der Waals surface area (Å²) in [6.45, 7) is 4.12. The summed E-state index contributed by atoms with van der Waals surface area (Å²) in [6.07, 6.45) is -2.27. The Morgan fingerprint density at radius 3 is 2.40 bits per heavy atom. The average Bonchev–Trinajstić information content (AvgIpc) is 2.51. The summed E-state index contributed by atoms with van der Waals surface area (Å²) in [5, 5.41) is 0. The summed E-state index contributed by atoms with van der Waals surface area (Å²) in [4.78, 5) is 15.3. The van der Waals surface area contributed by atoms with E-state index < -0.39 is 18.3 Å². The van der Waals surface area contributed by atoms with E-state index in [-0.39, 0.29) is 12.5 Å². The molecule has 1 aliphatic heterocycles. The summed E-state index contributed by atoms with van der Waals surface area (Å²) >= 11 is 0. The Bertz CT molecular complexity index is 331. The van der Waals surface area contributed by atoms with Gasteiger partial charge in [0.25, 0.3) is 0 Å². The van der Waals surface area contributed by atoms with Crippen LogP contribution in [0.5, 0.6) is 0 Å². The van der Waals surface area contributed by atoms with E-state index in [1.807, 2.05) is 6.92 Å². The Balaban J connectivity index is 2.57. The van der Waals surface area contributed by atoms with Crippen LogP contribution in [0, 0.1) is 0 Å². The number of carbonyl (C=O) groups excluding carboxylic acids is 1. The molecule has 1 amide bonds. The number of hydrogen-bond acceptors (Lipinski definition) is 3. The number of amides is 1. The predicted octanol–water partition coefficient (Wildman–Crippen LogP) is 1.60. The summed E-state index contributed by atoms with van der Waals surface area (Å²) in [5.41, 5.74) is 5.08. The lowest BCUT2D eigenvalue weighted by Gasteiger charge is -2.31. The van der Waals surface area contributed by atoms with Crippen molar-refractivity contribution >= 4 is 5.91 Å². The van der Waals surface area contributed by atoms with Gasteiger partial charge in [-0.15, -0.1) is 0 Å². The average molecular weight is 295 g/mol. The third-order valence-electron chi connectivity index (χ3n) is 3.54. The highest BCUT2D eigenvalue weighted by atomic mass is 19.4. The fourth-order valence-corrected chi connectivity index (χ4v) is 2.57. The summed E-state index contributed by atoms with van der Waals surface area (Å²) < 4.78 is 37.1. The maximum absolute atomic E-state index is 12.4. The van der Waals surface area contributed by atoms with Gasteiger partial charge in [0.05, 0.1) is 12.1 Å². The number of hydrogen-bond donors (Lipinski definition) is 1. The van der Waals surface area contributed by atoms with E-state index in [1.54, 1.807) is 11.8 Å². The normalized spacial score (nSPS) is 21.4. The van der Waals surface area contributed by atoms with Crippen LogP contribution in [0.15, 0.2) is 0 Å². The van der Waals surface area contributed by atoms with E-state index in [0.717, 1.165) is 6.42 Å². The first-order valence-electron chi connectivity index (χ1n) is 7.03. The van der Waals surface area contributed by atoms with Crippen molar-refractivity contribution < 1.29 is 18.0 Å². The number of rotatable bonds is 4. The molecule has 4 nitrogen and oxygen atoms in total. The third-order valence-corrected chi connectivity index (χ3v) is 3.54.